The predicted octanol–water partition coefficient (Wildman–Crippen LogP) is 3.41. The van der Waals surface area contributed by atoms with Crippen LogP contribution in [0.2, 0.25) is 0 Å². The summed E-state index contributed by atoms with van der Waals surface area (Å²) in [5.41, 5.74) is 5.32. The Hall–Kier alpha value is -2.61. The van der Waals surface area contributed by atoms with Crippen LogP contribution in [0.25, 0.3) is 0 Å². The zero-order valence-corrected chi connectivity index (χ0v) is 14.0. The van der Waals surface area contributed by atoms with Gasteiger partial charge < -0.3 is 16.0 Å². The van der Waals surface area contributed by atoms with Gasteiger partial charge in [0.2, 0.25) is 0 Å². The molecule has 1 saturated heterocycles. The van der Waals surface area contributed by atoms with Gasteiger partial charge in [-0.15, -0.1) is 0 Å². The molecular formula is C18H19F3N4O. The largest absolute Gasteiger partial charge is 0.416 e. The van der Waals surface area contributed by atoms with Crippen molar-refractivity contribution in [2.45, 2.75) is 25.6 Å². The molecule has 138 valence electrons. The van der Waals surface area contributed by atoms with Crippen LogP contribution in [0.1, 0.15) is 34.3 Å². The van der Waals surface area contributed by atoms with Crippen LogP contribution in [-0.2, 0) is 12.7 Å². The number of halogens is 3. The molecule has 1 fully saturated rings. The normalized spacial score (nSPS) is 14.5. The molecule has 3 N–H and O–H groups in total. The summed E-state index contributed by atoms with van der Waals surface area (Å²) in [6, 6.07) is 6.58. The highest BCUT2D eigenvalue weighted by Crippen LogP contribution is 2.32. The number of hydrogen-bond donors (Lipinski definition) is 2. The van der Waals surface area contributed by atoms with Crippen molar-refractivity contribution in [3.8, 4) is 0 Å². The molecule has 5 nitrogen and oxygen atoms in total. The first-order chi connectivity index (χ1) is 12.4. The molecule has 1 amide bonds. The third-order valence-corrected chi connectivity index (χ3v) is 4.25. The molecular weight excluding hydrogens is 345 g/mol. The third kappa shape index (κ3) is 3.96. The fourth-order valence-corrected chi connectivity index (χ4v) is 3.00. The minimum Gasteiger partial charge on any atom is -0.356 e. The van der Waals surface area contributed by atoms with Crippen LogP contribution in [-0.4, -0.2) is 24.0 Å². The predicted molar refractivity (Wildman–Crippen MR) is 93.0 cm³/mol. The zero-order valence-electron chi connectivity index (χ0n) is 14.0. The summed E-state index contributed by atoms with van der Waals surface area (Å²) in [5, 5.41) is 2.55. The summed E-state index contributed by atoms with van der Waals surface area (Å²) in [7, 11) is 0. The Balaban J connectivity index is 1.89. The second kappa shape index (κ2) is 7.33. The molecule has 2 aromatic rings. The monoisotopic (exact) mass is 364 g/mol. The van der Waals surface area contributed by atoms with E-state index in [1.165, 1.54) is 6.07 Å². The minimum absolute atomic E-state index is 0.0568. The lowest BCUT2D eigenvalue weighted by atomic mass is 10.1. The molecule has 0 aliphatic carbocycles. The van der Waals surface area contributed by atoms with Crippen LogP contribution in [0.4, 0.5) is 24.7 Å². The highest BCUT2D eigenvalue weighted by atomic mass is 19.4. The van der Waals surface area contributed by atoms with Crippen molar-refractivity contribution in [1.82, 2.24) is 4.98 Å². The number of anilines is 2. The molecule has 0 atom stereocenters. The van der Waals surface area contributed by atoms with Crippen molar-refractivity contribution in [3.05, 3.63) is 53.2 Å². The average Bonchev–Trinajstić information content (AvgIpc) is 3.15. The van der Waals surface area contributed by atoms with E-state index in [0.717, 1.165) is 38.1 Å². The van der Waals surface area contributed by atoms with E-state index in [9.17, 15) is 18.0 Å². The number of benzene rings is 1. The van der Waals surface area contributed by atoms with E-state index in [0.29, 0.717) is 16.9 Å². The lowest BCUT2D eigenvalue weighted by molar-refractivity contribution is -0.137. The Labute approximate surface area is 149 Å². The molecule has 3 rings (SSSR count). The van der Waals surface area contributed by atoms with E-state index in [1.807, 2.05) is 4.90 Å². The van der Waals surface area contributed by atoms with Gasteiger partial charge in [-0.3, -0.25) is 4.79 Å². The highest BCUT2D eigenvalue weighted by molar-refractivity contribution is 6.07. The van der Waals surface area contributed by atoms with E-state index < -0.39 is 17.6 Å². The molecule has 0 bridgehead atoms. The Morgan fingerprint density at radius 3 is 2.62 bits per heavy atom. The van der Waals surface area contributed by atoms with Gasteiger partial charge in [0.15, 0.2) is 0 Å². The maximum atomic E-state index is 13.0. The van der Waals surface area contributed by atoms with Crippen molar-refractivity contribution in [2.24, 2.45) is 5.73 Å². The number of nitrogens with zero attached hydrogens (tertiary/aromatic N) is 2. The second-order valence-electron chi connectivity index (χ2n) is 6.14. The van der Waals surface area contributed by atoms with E-state index in [1.54, 1.807) is 18.3 Å². The summed E-state index contributed by atoms with van der Waals surface area (Å²) < 4.78 is 39.1. The lowest BCUT2D eigenvalue weighted by Gasteiger charge is -2.19. The standard InChI is InChI=1S/C18H19F3N4O/c19-18(20,21)13-8-12(11-22)9-14(10-13)24-17(26)15-4-3-5-23-16(15)25-6-1-2-7-25/h3-5,8-10H,1-2,6-7,11,22H2,(H,24,26). The van der Waals surface area contributed by atoms with Gasteiger partial charge in [-0.2, -0.15) is 13.2 Å². The smallest absolute Gasteiger partial charge is 0.356 e. The number of alkyl halides is 3. The summed E-state index contributed by atoms with van der Waals surface area (Å²) in [5.74, 6) is 0.0517. The van der Waals surface area contributed by atoms with Crippen molar-refractivity contribution in [3.63, 3.8) is 0 Å². The number of carbonyl (C=O) groups is 1. The van der Waals surface area contributed by atoms with E-state index in [4.69, 9.17) is 5.73 Å². The summed E-state index contributed by atoms with van der Waals surface area (Å²) in [6.07, 6.45) is -0.878. The highest BCUT2D eigenvalue weighted by Gasteiger charge is 2.31. The minimum atomic E-state index is -4.51. The van der Waals surface area contributed by atoms with Crippen molar-refractivity contribution >= 4 is 17.4 Å². The maximum absolute atomic E-state index is 13.0. The van der Waals surface area contributed by atoms with E-state index in [2.05, 4.69) is 10.3 Å². The molecule has 1 aliphatic heterocycles. The van der Waals surface area contributed by atoms with Crippen molar-refractivity contribution in [1.29, 1.82) is 0 Å². The van der Waals surface area contributed by atoms with Crippen LogP contribution in [0.3, 0.4) is 0 Å². The van der Waals surface area contributed by atoms with Gasteiger partial charge in [-0.25, -0.2) is 4.98 Å². The molecule has 1 aliphatic rings. The van der Waals surface area contributed by atoms with Crippen LogP contribution >= 0.6 is 0 Å². The van der Waals surface area contributed by atoms with Gasteiger partial charge in [0.1, 0.15) is 5.82 Å². The number of rotatable bonds is 4. The fraction of sp³-hybridized carbons (Fsp3) is 0.333. The summed E-state index contributed by atoms with van der Waals surface area (Å²) in [6.45, 7) is 1.55. The van der Waals surface area contributed by atoms with Crippen molar-refractivity contribution < 1.29 is 18.0 Å². The van der Waals surface area contributed by atoms with Crippen LogP contribution < -0.4 is 16.0 Å². The van der Waals surface area contributed by atoms with Gasteiger partial charge in [0, 0.05) is 31.5 Å². The summed E-state index contributed by atoms with van der Waals surface area (Å²) in [4.78, 5) is 18.9. The molecule has 0 saturated carbocycles. The van der Waals surface area contributed by atoms with Gasteiger partial charge in [-0.1, -0.05) is 0 Å². The molecule has 8 heteroatoms. The SMILES string of the molecule is NCc1cc(NC(=O)c2cccnc2N2CCCC2)cc(C(F)(F)F)c1. The molecule has 1 aromatic heterocycles. The topological polar surface area (TPSA) is 71.2 Å². The number of aromatic nitrogens is 1. The van der Waals surface area contributed by atoms with Gasteiger partial charge in [0.05, 0.1) is 11.1 Å². The number of amides is 1. The Kier molecular flexibility index (Phi) is 5.13. The van der Waals surface area contributed by atoms with E-state index in [-0.39, 0.29) is 12.2 Å². The summed E-state index contributed by atoms with van der Waals surface area (Å²) >= 11 is 0. The Bertz CT molecular complexity index is 801. The lowest BCUT2D eigenvalue weighted by Crippen LogP contribution is -2.24. The average molecular weight is 364 g/mol. The maximum Gasteiger partial charge on any atom is 0.416 e. The number of pyridine rings is 1. The molecule has 0 unspecified atom stereocenters. The second-order valence-corrected chi connectivity index (χ2v) is 6.14. The quantitative estimate of drug-likeness (QED) is 0.872. The van der Waals surface area contributed by atoms with Crippen LogP contribution in [0.15, 0.2) is 36.5 Å². The number of nitrogens with one attached hydrogen (secondary N) is 1. The first kappa shape index (κ1) is 18.2. The van der Waals surface area contributed by atoms with Gasteiger partial charge in [-0.05, 0) is 48.7 Å². The number of hydrogen-bond acceptors (Lipinski definition) is 4. The third-order valence-electron chi connectivity index (χ3n) is 4.25. The van der Waals surface area contributed by atoms with Crippen LogP contribution in [0.5, 0.6) is 0 Å². The first-order valence-corrected chi connectivity index (χ1v) is 8.31. The first-order valence-electron chi connectivity index (χ1n) is 8.31. The zero-order chi connectivity index (χ0) is 18.7. The molecule has 1 aromatic carbocycles. The molecule has 26 heavy (non-hydrogen) atoms. The van der Waals surface area contributed by atoms with E-state index >= 15 is 0 Å². The Morgan fingerprint density at radius 1 is 1.23 bits per heavy atom. The Morgan fingerprint density at radius 2 is 1.96 bits per heavy atom. The van der Waals surface area contributed by atoms with Gasteiger partial charge in [0.25, 0.3) is 5.91 Å². The molecule has 0 radical (unpaired) electrons. The van der Waals surface area contributed by atoms with Crippen molar-refractivity contribution in [2.75, 3.05) is 23.3 Å². The molecule has 0 spiro atoms. The number of nitrogens with two attached hydrogens (primary N) is 1. The van der Waals surface area contributed by atoms with Crippen LogP contribution in [0, 0.1) is 0 Å². The van der Waals surface area contributed by atoms with Gasteiger partial charge >= 0.3 is 6.18 Å². The fourth-order valence-electron chi connectivity index (χ4n) is 3.00. The number of carbonyl (C=O) groups excluding carboxylic acids is 1. The molecule has 2 heterocycles.